The zero-order chi connectivity index (χ0) is 12.3. The summed E-state index contributed by atoms with van der Waals surface area (Å²) in [6.45, 7) is 0. The molecule has 1 amide bonds. The lowest BCUT2D eigenvalue weighted by Crippen LogP contribution is -2.39. The Labute approximate surface area is 100.0 Å². The lowest BCUT2D eigenvalue weighted by atomic mass is 9.93. The van der Waals surface area contributed by atoms with Gasteiger partial charge in [-0.15, -0.1) is 0 Å². The van der Waals surface area contributed by atoms with Crippen LogP contribution in [0.3, 0.4) is 0 Å². The van der Waals surface area contributed by atoms with Crippen LogP contribution in [-0.2, 0) is 4.74 Å². The third-order valence-electron chi connectivity index (χ3n) is 3.01. The van der Waals surface area contributed by atoms with Crippen LogP contribution in [0.1, 0.15) is 40.0 Å². The van der Waals surface area contributed by atoms with Gasteiger partial charge in [-0.25, -0.2) is 4.79 Å². The molecule has 0 heterocycles. The second kappa shape index (κ2) is 4.99. The SMILES string of the molecule is COC(=O)c1ccc(C(=O)NC2CCC2)cc1. The van der Waals surface area contributed by atoms with Gasteiger partial charge in [0.15, 0.2) is 0 Å². The van der Waals surface area contributed by atoms with E-state index in [1.165, 1.54) is 13.5 Å². The van der Waals surface area contributed by atoms with Gasteiger partial charge < -0.3 is 10.1 Å². The number of nitrogens with one attached hydrogen (secondary N) is 1. The number of amides is 1. The number of esters is 1. The highest BCUT2D eigenvalue weighted by atomic mass is 16.5. The second-order valence-corrected chi connectivity index (χ2v) is 4.17. The Morgan fingerprint density at radius 1 is 1.18 bits per heavy atom. The zero-order valence-electron chi connectivity index (χ0n) is 9.73. The maximum absolute atomic E-state index is 11.8. The van der Waals surface area contributed by atoms with Crippen molar-refractivity contribution in [2.24, 2.45) is 0 Å². The fourth-order valence-corrected chi connectivity index (χ4v) is 1.70. The fourth-order valence-electron chi connectivity index (χ4n) is 1.70. The first-order chi connectivity index (χ1) is 8.20. The van der Waals surface area contributed by atoms with Crippen LogP contribution < -0.4 is 5.32 Å². The summed E-state index contributed by atoms with van der Waals surface area (Å²) in [5.41, 5.74) is 1.03. The van der Waals surface area contributed by atoms with Crippen LogP contribution in [-0.4, -0.2) is 25.0 Å². The maximum atomic E-state index is 11.8. The van der Waals surface area contributed by atoms with Crippen molar-refractivity contribution in [1.82, 2.24) is 5.32 Å². The molecule has 4 heteroatoms. The number of rotatable bonds is 3. The third kappa shape index (κ3) is 2.64. The molecule has 0 aliphatic heterocycles. The smallest absolute Gasteiger partial charge is 0.337 e. The molecule has 0 unspecified atom stereocenters. The molecule has 0 radical (unpaired) electrons. The molecule has 1 saturated carbocycles. The molecule has 2 rings (SSSR count). The van der Waals surface area contributed by atoms with Gasteiger partial charge in [-0.05, 0) is 43.5 Å². The van der Waals surface area contributed by atoms with Gasteiger partial charge in [-0.1, -0.05) is 0 Å². The highest BCUT2D eigenvalue weighted by molar-refractivity contribution is 5.96. The lowest BCUT2D eigenvalue weighted by molar-refractivity contribution is 0.0600. The molecule has 1 fully saturated rings. The fraction of sp³-hybridized carbons (Fsp3) is 0.385. The molecular weight excluding hydrogens is 218 g/mol. The molecule has 0 bridgehead atoms. The van der Waals surface area contributed by atoms with Crippen LogP contribution in [0, 0.1) is 0 Å². The normalized spacial score (nSPS) is 14.9. The number of hydrogen-bond donors (Lipinski definition) is 1. The van der Waals surface area contributed by atoms with Crippen LogP contribution >= 0.6 is 0 Å². The quantitative estimate of drug-likeness (QED) is 0.809. The Bertz CT molecular complexity index is 421. The van der Waals surface area contributed by atoms with E-state index in [-0.39, 0.29) is 5.91 Å². The van der Waals surface area contributed by atoms with E-state index < -0.39 is 5.97 Å². The van der Waals surface area contributed by atoms with Crippen molar-refractivity contribution < 1.29 is 14.3 Å². The topological polar surface area (TPSA) is 55.4 Å². The van der Waals surface area contributed by atoms with Gasteiger partial charge in [0.2, 0.25) is 0 Å². The average molecular weight is 233 g/mol. The molecule has 1 N–H and O–H groups in total. The molecule has 17 heavy (non-hydrogen) atoms. The Morgan fingerprint density at radius 2 is 1.76 bits per heavy atom. The Hall–Kier alpha value is -1.84. The standard InChI is InChI=1S/C13H15NO3/c1-17-13(16)10-7-5-9(6-8-10)12(15)14-11-3-2-4-11/h5-8,11H,2-4H2,1H3,(H,14,15). The van der Waals surface area contributed by atoms with E-state index in [1.807, 2.05) is 0 Å². The first kappa shape index (κ1) is 11.6. The highest BCUT2D eigenvalue weighted by Crippen LogP contribution is 2.18. The van der Waals surface area contributed by atoms with Gasteiger partial charge in [0, 0.05) is 11.6 Å². The number of carbonyl (C=O) groups excluding carboxylic acids is 2. The van der Waals surface area contributed by atoms with Crippen molar-refractivity contribution in [2.45, 2.75) is 25.3 Å². The number of benzene rings is 1. The highest BCUT2D eigenvalue weighted by Gasteiger charge is 2.20. The van der Waals surface area contributed by atoms with E-state index in [4.69, 9.17) is 0 Å². The van der Waals surface area contributed by atoms with Gasteiger partial charge >= 0.3 is 5.97 Å². The van der Waals surface area contributed by atoms with E-state index in [0.29, 0.717) is 17.2 Å². The van der Waals surface area contributed by atoms with Crippen molar-refractivity contribution in [1.29, 1.82) is 0 Å². The predicted octanol–water partition coefficient (Wildman–Crippen LogP) is 1.76. The molecule has 1 aliphatic rings. The second-order valence-electron chi connectivity index (χ2n) is 4.17. The summed E-state index contributed by atoms with van der Waals surface area (Å²) in [5, 5.41) is 2.94. The van der Waals surface area contributed by atoms with Crippen molar-refractivity contribution in [3.63, 3.8) is 0 Å². The van der Waals surface area contributed by atoms with Gasteiger partial charge in [0.25, 0.3) is 5.91 Å². The first-order valence-electron chi connectivity index (χ1n) is 5.70. The maximum Gasteiger partial charge on any atom is 0.337 e. The molecular formula is C13H15NO3. The number of carbonyl (C=O) groups is 2. The van der Waals surface area contributed by atoms with Crippen molar-refractivity contribution in [3.8, 4) is 0 Å². The average Bonchev–Trinajstić information content (AvgIpc) is 2.32. The summed E-state index contributed by atoms with van der Waals surface area (Å²) in [5.74, 6) is -0.470. The monoisotopic (exact) mass is 233 g/mol. The van der Waals surface area contributed by atoms with E-state index in [2.05, 4.69) is 10.1 Å². The minimum absolute atomic E-state index is 0.0777. The van der Waals surface area contributed by atoms with Crippen LogP contribution in [0.15, 0.2) is 24.3 Å². The molecule has 0 spiro atoms. The Kier molecular flexibility index (Phi) is 3.42. The third-order valence-corrected chi connectivity index (χ3v) is 3.01. The summed E-state index contributed by atoms with van der Waals surface area (Å²) in [4.78, 5) is 23.0. The Balaban J connectivity index is 2.01. The number of hydrogen-bond acceptors (Lipinski definition) is 3. The van der Waals surface area contributed by atoms with Crippen LogP contribution in [0.5, 0.6) is 0 Å². The minimum atomic E-state index is -0.393. The summed E-state index contributed by atoms with van der Waals surface area (Å²) in [6.07, 6.45) is 3.31. The molecule has 4 nitrogen and oxygen atoms in total. The first-order valence-corrected chi connectivity index (χ1v) is 5.70. The molecule has 1 aromatic rings. The van der Waals surface area contributed by atoms with Crippen molar-refractivity contribution >= 4 is 11.9 Å². The predicted molar refractivity (Wildman–Crippen MR) is 62.9 cm³/mol. The summed E-state index contributed by atoms with van der Waals surface area (Å²) < 4.78 is 4.59. The molecule has 90 valence electrons. The molecule has 0 saturated heterocycles. The largest absolute Gasteiger partial charge is 0.465 e. The van der Waals surface area contributed by atoms with Gasteiger partial charge in [0.05, 0.1) is 12.7 Å². The molecule has 0 atom stereocenters. The summed E-state index contributed by atoms with van der Waals surface area (Å²) in [7, 11) is 1.33. The van der Waals surface area contributed by atoms with E-state index >= 15 is 0 Å². The van der Waals surface area contributed by atoms with Crippen LogP contribution in [0.25, 0.3) is 0 Å². The van der Waals surface area contributed by atoms with Gasteiger partial charge in [-0.2, -0.15) is 0 Å². The molecule has 1 aromatic carbocycles. The van der Waals surface area contributed by atoms with E-state index in [0.717, 1.165) is 12.8 Å². The molecule has 0 aromatic heterocycles. The number of ether oxygens (including phenoxy) is 1. The summed E-state index contributed by atoms with van der Waals surface area (Å²) >= 11 is 0. The van der Waals surface area contributed by atoms with Gasteiger partial charge in [0.1, 0.15) is 0 Å². The lowest BCUT2D eigenvalue weighted by Gasteiger charge is -2.26. The van der Waals surface area contributed by atoms with Crippen molar-refractivity contribution in [2.75, 3.05) is 7.11 Å². The van der Waals surface area contributed by atoms with Gasteiger partial charge in [-0.3, -0.25) is 4.79 Å². The van der Waals surface area contributed by atoms with Crippen LogP contribution in [0.4, 0.5) is 0 Å². The number of methoxy groups -OCH3 is 1. The zero-order valence-corrected chi connectivity index (χ0v) is 9.73. The Morgan fingerprint density at radius 3 is 2.24 bits per heavy atom. The minimum Gasteiger partial charge on any atom is -0.465 e. The van der Waals surface area contributed by atoms with Crippen LogP contribution in [0.2, 0.25) is 0 Å². The molecule has 1 aliphatic carbocycles. The van der Waals surface area contributed by atoms with Crippen molar-refractivity contribution in [3.05, 3.63) is 35.4 Å². The van der Waals surface area contributed by atoms with E-state index in [1.54, 1.807) is 24.3 Å². The van der Waals surface area contributed by atoms with E-state index in [9.17, 15) is 9.59 Å². The summed E-state index contributed by atoms with van der Waals surface area (Å²) in [6, 6.07) is 6.80.